The lowest BCUT2D eigenvalue weighted by molar-refractivity contribution is 0.0950. The molecule has 4 rings (SSSR count). The predicted octanol–water partition coefficient (Wildman–Crippen LogP) is 3.58. The Morgan fingerprint density at radius 1 is 0.800 bits per heavy atom. The van der Waals surface area contributed by atoms with Crippen LogP contribution in [-0.2, 0) is 36.0 Å². The first-order valence-electron chi connectivity index (χ1n) is 10.0. The van der Waals surface area contributed by atoms with Gasteiger partial charge in [-0.3, -0.25) is 4.79 Å². The highest BCUT2D eigenvalue weighted by atomic mass is 32.2. The number of carbonyl (C=O) groups is 1. The third-order valence-electron chi connectivity index (χ3n) is 5.33. The fourth-order valence-electron chi connectivity index (χ4n) is 3.68. The van der Waals surface area contributed by atoms with Gasteiger partial charge in [0, 0.05) is 18.7 Å². The molecule has 3 aromatic carbocycles. The van der Waals surface area contributed by atoms with Crippen molar-refractivity contribution in [3.05, 3.63) is 101 Å². The van der Waals surface area contributed by atoms with E-state index >= 15 is 0 Å². The number of hydrogen-bond donors (Lipinski definition) is 2. The molecule has 0 unspecified atom stereocenters. The lowest BCUT2D eigenvalue weighted by Crippen LogP contribution is -2.25. The number of benzene rings is 3. The average Bonchev–Trinajstić information content (AvgIpc) is 3.25. The zero-order chi connectivity index (χ0) is 21.0. The van der Waals surface area contributed by atoms with Crippen molar-refractivity contribution in [2.24, 2.45) is 0 Å². The average molecular weight is 421 g/mol. The fourth-order valence-corrected chi connectivity index (χ4v) is 4.74. The maximum Gasteiger partial charge on any atom is 0.251 e. The van der Waals surface area contributed by atoms with Crippen molar-refractivity contribution in [1.29, 1.82) is 0 Å². The SMILES string of the molecule is O=C(NCc1ccc2c(c1)CCC2)c1cccc(S(=O)(=O)NCc2ccccc2)c1. The zero-order valence-corrected chi connectivity index (χ0v) is 17.4. The Morgan fingerprint density at radius 3 is 2.43 bits per heavy atom. The Morgan fingerprint density at radius 2 is 1.60 bits per heavy atom. The maximum atomic E-state index is 12.6. The van der Waals surface area contributed by atoms with Crippen LogP contribution in [-0.4, -0.2) is 14.3 Å². The molecule has 6 heteroatoms. The monoisotopic (exact) mass is 420 g/mol. The highest BCUT2D eigenvalue weighted by Crippen LogP contribution is 2.22. The summed E-state index contributed by atoms with van der Waals surface area (Å²) in [6.07, 6.45) is 3.40. The molecule has 0 radical (unpaired) electrons. The summed E-state index contributed by atoms with van der Waals surface area (Å²) >= 11 is 0. The Bertz CT molecular complexity index is 1160. The van der Waals surface area contributed by atoms with Crippen LogP contribution in [0.4, 0.5) is 0 Å². The van der Waals surface area contributed by atoms with Crippen LogP contribution in [0.2, 0.25) is 0 Å². The molecule has 1 aliphatic rings. The molecule has 3 aromatic rings. The van der Waals surface area contributed by atoms with E-state index in [0.29, 0.717) is 12.1 Å². The molecule has 0 heterocycles. The Hall–Kier alpha value is -2.96. The highest BCUT2D eigenvalue weighted by Gasteiger charge is 2.16. The molecule has 0 bridgehead atoms. The number of fused-ring (bicyclic) bond motifs is 1. The van der Waals surface area contributed by atoms with E-state index in [9.17, 15) is 13.2 Å². The van der Waals surface area contributed by atoms with Crippen LogP contribution >= 0.6 is 0 Å². The molecule has 30 heavy (non-hydrogen) atoms. The van der Waals surface area contributed by atoms with Crippen LogP contribution < -0.4 is 10.0 Å². The summed E-state index contributed by atoms with van der Waals surface area (Å²) in [6, 6.07) is 21.7. The van der Waals surface area contributed by atoms with Gasteiger partial charge in [-0.15, -0.1) is 0 Å². The topological polar surface area (TPSA) is 75.3 Å². The highest BCUT2D eigenvalue weighted by molar-refractivity contribution is 7.89. The largest absolute Gasteiger partial charge is 0.348 e. The van der Waals surface area contributed by atoms with E-state index in [1.165, 1.54) is 29.7 Å². The van der Waals surface area contributed by atoms with E-state index in [4.69, 9.17) is 0 Å². The second kappa shape index (κ2) is 8.81. The summed E-state index contributed by atoms with van der Waals surface area (Å²) < 4.78 is 27.8. The van der Waals surface area contributed by atoms with Crippen LogP contribution in [0.5, 0.6) is 0 Å². The molecule has 1 aliphatic carbocycles. The van der Waals surface area contributed by atoms with Gasteiger partial charge in [-0.2, -0.15) is 0 Å². The standard InChI is InChI=1S/C24H24N2O3S/c27-24(25-16-19-12-13-20-8-4-9-21(20)14-19)22-10-5-11-23(15-22)30(28,29)26-17-18-6-2-1-3-7-18/h1-3,5-7,10-15,26H,4,8-9,16-17H2,(H,25,27). The molecular formula is C24H24N2O3S. The van der Waals surface area contributed by atoms with Crippen LogP contribution in [0.25, 0.3) is 0 Å². The van der Waals surface area contributed by atoms with E-state index in [1.54, 1.807) is 12.1 Å². The van der Waals surface area contributed by atoms with Gasteiger partial charge in [-0.25, -0.2) is 13.1 Å². The first kappa shape index (κ1) is 20.3. The third kappa shape index (κ3) is 4.78. The van der Waals surface area contributed by atoms with Gasteiger partial charge in [0.25, 0.3) is 5.91 Å². The molecule has 0 aliphatic heterocycles. The number of hydrogen-bond acceptors (Lipinski definition) is 3. The molecule has 0 atom stereocenters. The summed E-state index contributed by atoms with van der Waals surface area (Å²) in [4.78, 5) is 12.7. The van der Waals surface area contributed by atoms with Gasteiger partial charge in [0.2, 0.25) is 10.0 Å². The molecular weight excluding hydrogens is 396 g/mol. The van der Waals surface area contributed by atoms with Crippen molar-refractivity contribution >= 4 is 15.9 Å². The summed E-state index contributed by atoms with van der Waals surface area (Å²) in [7, 11) is -3.72. The minimum absolute atomic E-state index is 0.0728. The molecule has 2 N–H and O–H groups in total. The summed E-state index contributed by atoms with van der Waals surface area (Å²) in [5.41, 5.74) is 4.99. The Balaban J connectivity index is 1.41. The predicted molar refractivity (Wildman–Crippen MR) is 117 cm³/mol. The second-order valence-electron chi connectivity index (χ2n) is 7.48. The minimum Gasteiger partial charge on any atom is -0.348 e. The number of aryl methyl sites for hydroxylation is 2. The van der Waals surface area contributed by atoms with Gasteiger partial charge < -0.3 is 5.32 Å². The molecule has 0 aromatic heterocycles. The molecule has 5 nitrogen and oxygen atoms in total. The van der Waals surface area contributed by atoms with E-state index in [0.717, 1.165) is 24.0 Å². The number of rotatable bonds is 7. The number of sulfonamides is 1. The molecule has 0 fully saturated rings. The minimum atomic E-state index is -3.72. The summed E-state index contributed by atoms with van der Waals surface area (Å²) in [6.45, 7) is 0.604. The van der Waals surface area contributed by atoms with E-state index in [-0.39, 0.29) is 17.3 Å². The summed E-state index contributed by atoms with van der Waals surface area (Å²) in [5.74, 6) is -0.296. The summed E-state index contributed by atoms with van der Waals surface area (Å²) in [5, 5.41) is 2.89. The smallest absolute Gasteiger partial charge is 0.251 e. The molecule has 0 saturated heterocycles. The van der Waals surface area contributed by atoms with E-state index < -0.39 is 10.0 Å². The van der Waals surface area contributed by atoms with Gasteiger partial charge in [0.05, 0.1) is 4.90 Å². The van der Waals surface area contributed by atoms with Gasteiger partial charge in [0.15, 0.2) is 0 Å². The number of nitrogens with one attached hydrogen (secondary N) is 2. The van der Waals surface area contributed by atoms with Crippen LogP contribution in [0.3, 0.4) is 0 Å². The number of amides is 1. The quantitative estimate of drug-likeness (QED) is 0.613. The first-order chi connectivity index (χ1) is 14.5. The van der Waals surface area contributed by atoms with Crippen molar-refractivity contribution in [1.82, 2.24) is 10.0 Å². The van der Waals surface area contributed by atoms with Gasteiger partial charge >= 0.3 is 0 Å². The lowest BCUT2D eigenvalue weighted by Gasteiger charge is -2.10. The fraction of sp³-hybridized carbons (Fsp3) is 0.208. The number of carbonyl (C=O) groups excluding carboxylic acids is 1. The van der Waals surface area contributed by atoms with E-state index in [1.807, 2.05) is 36.4 Å². The van der Waals surface area contributed by atoms with Gasteiger partial charge in [-0.05, 0) is 59.7 Å². The van der Waals surface area contributed by atoms with Crippen molar-refractivity contribution in [2.45, 2.75) is 37.2 Å². The van der Waals surface area contributed by atoms with Crippen LogP contribution in [0, 0.1) is 0 Å². The van der Waals surface area contributed by atoms with Gasteiger partial charge in [-0.1, -0.05) is 54.6 Å². The molecule has 0 saturated carbocycles. The maximum absolute atomic E-state index is 12.6. The second-order valence-corrected chi connectivity index (χ2v) is 9.24. The van der Waals surface area contributed by atoms with Crippen LogP contribution in [0.1, 0.15) is 39.0 Å². The van der Waals surface area contributed by atoms with Crippen molar-refractivity contribution in [3.63, 3.8) is 0 Å². The lowest BCUT2D eigenvalue weighted by atomic mass is 10.1. The third-order valence-corrected chi connectivity index (χ3v) is 6.73. The van der Waals surface area contributed by atoms with Crippen LogP contribution in [0.15, 0.2) is 77.7 Å². The normalized spacial score (nSPS) is 13.1. The molecule has 154 valence electrons. The van der Waals surface area contributed by atoms with E-state index in [2.05, 4.69) is 22.2 Å². The molecule has 1 amide bonds. The van der Waals surface area contributed by atoms with Crippen molar-refractivity contribution in [3.8, 4) is 0 Å². The zero-order valence-electron chi connectivity index (χ0n) is 16.6. The molecule has 0 spiro atoms. The first-order valence-corrected chi connectivity index (χ1v) is 11.5. The Labute approximate surface area is 177 Å². The van der Waals surface area contributed by atoms with Crippen molar-refractivity contribution < 1.29 is 13.2 Å². The van der Waals surface area contributed by atoms with Crippen molar-refractivity contribution in [2.75, 3.05) is 0 Å². The van der Waals surface area contributed by atoms with Gasteiger partial charge in [0.1, 0.15) is 0 Å². The Kier molecular flexibility index (Phi) is 5.97.